The Kier molecular flexibility index (Phi) is 4.48. The Morgan fingerprint density at radius 3 is 2.79 bits per heavy atom. The first-order valence-corrected chi connectivity index (χ1v) is 8.45. The minimum absolute atomic E-state index is 0.310. The number of hydrogen-bond acceptors (Lipinski definition) is 6. The first-order valence-electron chi connectivity index (χ1n) is 7.57. The summed E-state index contributed by atoms with van der Waals surface area (Å²) in [6.07, 6.45) is 2.12. The van der Waals surface area contributed by atoms with Gasteiger partial charge in [0.15, 0.2) is 0 Å². The number of nitrogens with zero attached hydrogens (tertiary/aromatic N) is 2. The van der Waals surface area contributed by atoms with Crippen molar-refractivity contribution in [3.8, 4) is 0 Å². The smallest absolute Gasteiger partial charge is 0.350 e. The minimum atomic E-state index is -0.790. The van der Waals surface area contributed by atoms with Gasteiger partial charge in [-0.15, -0.1) is 11.3 Å². The average Bonchev–Trinajstić information content (AvgIpc) is 3.33. The highest BCUT2D eigenvalue weighted by Crippen LogP contribution is 2.38. The number of aromatic nitrogens is 2. The van der Waals surface area contributed by atoms with Crippen molar-refractivity contribution in [3.05, 3.63) is 44.5 Å². The summed E-state index contributed by atoms with van der Waals surface area (Å²) in [5.41, 5.74) is 0.871. The van der Waals surface area contributed by atoms with Crippen LogP contribution in [0.1, 0.15) is 47.1 Å². The van der Waals surface area contributed by atoms with Gasteiger partial charge >= 0.3 is 5.97 Å². The summed E-state index contributed by atoms with van der Waals surface area (Å²) in [6.45, 7) is 1.60. The normalized spacial score (nSPS) is 14.9. The molecule has 8 heteroatoms. The van der Waals surface area contributed by atoms with Gasteiger partial charge in [-0.2, -0.15) is 5.10 Å². The lowest BCUT2D eigenvalue weighted by Gasteiger charge is -2.15. The lowest BCUT2D eigenvalue weighted by molar-refractivity contribution is -0.119. The van der Waals surface area contributed by atoms with Crippen molar-refractivity contribution >= 4 is 28.9 Å². The fourth-order valence-electron chi connectivity index (χ4n) is 2.32. The van der Waals surface area contributed by atoms with Crippen molar-refractivity contribution in [1.29, 1.82) is 0 Å². The second-order valence-corrected chi connectivity index (χ2v) is 6.55. The maximum absolute atomic E-state index is 12.5. The van der Waals surface area contributed by atoms with E-state index in [0.29, 0.717) is 16.5 Å². The molecule has 7 nitrogen and oxygen atoms in total. The third-order valence-electron chi connectivity index (χ3n) is 3.88. The predicted molar refractivity (Wildman–Crippen MR) is 89.5 cm³/mol. The Balaban J connectivity index is 1.80. The van der Waals surface area contributed by atoms with E-state index < -0.39 is 17.9 Å². The standard InChI is InChI=1S/C16H17N3O4S/c1-9(19-13(20)6-5-11(18-19)10-3-4-10)15(21)17-12-7-8-24-14(12)16(22)23-2/h5-10H,3-4H2,1-2H3,(H,17,21). The van der Waals surface area contributed by atoms with Gasteiger partial charge in [0.1, 0.15) is 10.9 Å². The monoisotopic (exact) mass is 347 g/mol. The minimum Gasteiger partial charge on any atom is -0.465 e. The Labute approximate surface area is 142 Å². The molecule has 0 aliphatic heterocycles. The van der Waals surface area contributed by atoms with E-state index in [9.17, 15) is 14.4 Å². The van der Waals surface area contributed by atoms with Crippen LogP contribution in [-0.4, -0.2) is 28.8 Å². The number of nitrogens with one attached hydrogen (secondary N) is 1. The fraction of sp³-hybridized carbons (Fsp3) is 0.375. The van der Waals surface area contributed by atoms with E-state index in [0.717, 1.165) is 18.5 Å². The van der Waals surface area contributed by atoms with Crippen molar-refractivity contribution in [3.63, 3.8) is 0 Å². The fourth-order valence-corrected chi connectivity index (χ4v) is 3.09. The van der Waals surface area contributed by atoms with Crippen molar-refractivity contribution < 1.29 is 14.3 Å². The molecule has 24 heavy (non-hydrogen) atoms. The van der Waals surface area contributed by atoms with Crippen LogP contribution in [0.15, 0.2) is 28.4 Å². The Morgan fingerprint density at radius 2 is 2.12 bits per heavy atom. The van der Waals surface area contributed by atoms with Crippen LogP contribution in [0, 0.1) is 0 Å². The topological polar surface area (TPSA) is 90.3 Å². The van der Waals surface area contributed by atoms with E-state index in [1.54, 1.807) is 24.4 Å². The zero-order valence-electron chi connectivity index (χ0n) is 13.3. The molecule has 0 aromatic carbocycles. The third-order valence-corrected chi connectivity index (χ3v) is 4.78. The Bertz CT molecular complexity index is 838. The highest BCUT2D eigenvalue weighted by atomic mass is 32.1. The summed E-state index contributed by atoms with van der Waals surface area (Å²) in [7, 11) is 1.28. The molecule has 1 saturated carbocycles. The van der Waals surface area contributed by atoms with Gasteiger partial charge in [-0.1, -0.05) is 0 Å². The number of methoxy groups -OCH3 is 1. The summed E-state index contributed by atoms with van der Waals surface area (Å²) in [6, 6.07) is 3.99. The molecule has 2 aromatic rings. The molecular formula is C16H17N3O4S. The molecule has 1 amide bonds. The van der Waals surface area contributed by atoms with E-state index >= 15 is 0 Å². The Morgan fingerprint density at radius 1 is 1.38 bits per heavy atom. The molecular weight excluding hydrogens is 330 g/mol. The molecule has 2 aromatic heterocycles. The van der Waals surface area contributed by atoms with Gasteiger partial charge in [-0.25, -0.2) is 9.48 Å². The molecule has 0 spiro atoms. The number of carbonyl (C=O) groups excluding carboxylic acids is 2. The average molecular weight is 347 g/mol. The number of esters is 1. The van der Waals surface area contributed by atoms with Crippen LogP contribution in [0.4, 0.5) is 5.69 Å². The van der Waals surface area contributed by atoms with Crippen molar-refractivity contribution in [2.24, 2.45) is 0 Å². The van der Waals surface area contributed by atoms with Crippen LogP contribution in [0.3, 0.4) is 0 Å². The summed E-state index contributed by atoms with van der Waals surface area (Å²) in [5, 5.41) is 8.66. The van der Waals surface area contributed by atoms with Gasteiger partial charge in [0.05, 0.1) is 18.5 Å². The predicted octanol–water partition coefficient (Wildman–Crippen LogP) is 2.17. The van der Waals surface area contributed by atoms with E-state index in [4.69, 9.17) is 0 Å². The first kappa shape index (κ1) is 16.4. The van der Waals surface area contributed by atoms with Gasteiger partial charge in [0.25, 0.3) is 5.56 Å². The number of hydrogen-bond donors (Lipinski definition) is 1. The van der Waals surface area contributed by atoms with Crippen LogP contribution < -0.4 is 10.9 Å². The van der Waals surface area contributed by atoms with Crippen LogP contribution in [0.2, 0.25) is 0 Å². The molecule has 1 atom stereocenters. The molecule has 1 aliphatic rings. The lowest BCUT2D eigenvalue weighted by Crippen LogP contribution is -2.33. The lowest BCUT2D eigenvalue weighted by atomic mass is 10.2. The van der Waals surface area contributed by atoms with Crippen LogP contribution in [0.5, 0.6) is 0 Å². The second kappa shape index (κ2) is 6.56. The number of amides is 1. The second-order valence-electron chi connectivity index (χ2n) is 5.64. The SMILES string of the molecule is COC(=O)c1sccc1NC(=O)C(C)n1nc(C2CC2)ccc1=O. The first-order chi connectivity index (χ1) is 11.5. The largest absolute Gasteiger partial charge is 0.465 e. The van der Waals surface area contributed by atoms with Gasteiger partial charge in [-0.3, -0.25) is 9.59 Å². The third kappa shape index (κ3) is 3.23. The highest BCUT2D eigenvalue weighted by molar-refractivity contribution is 7.12. The van der Waals surface area contributed by atoms with Crippen LogP contribution in [0.25, 0.3) is 0 Å². The molecule has 126 valence electrons. The summed E-state index contributed by atoms with van der Waals surface area (Å²) in [4.78, 5) is 36.5. The van der Waals surface area contributed by atoms with Gasteiger partial charge in [0.2, 0.25) is 5.91 Å². The van der Waals surface area contributed by atoms with E-state index in [1.807, 2.05) is 0 Å². The number of thiophene rings is 1. The molecule has 2 heterocycles. The molecule has 1 unspecified atom stereocenters. The van der Waals surface area contributed by atoms with E-state index in [2.05, 4.69) is 15.2 Å². The number of anilines is 1. The van der Waals surface area contributed by atoms with Crippen molar-refractivity contribution in [2.75, 3.05) is 12.4 Å². The molecule has 0 saturated heterocycles. The molecule has 1 aliphatic carbocycles. The number of ether oxygens (including phenoxy) is 1. The van der Waals surface area contributed by atoms with E-state index in [1.165, 1.54) is 29.2 Å². The summed E-state index contributed by atoms with van der Waals surface area (Å²) < 4.78 is 5.87. The number of carbonyl (C=O) groups is 2. The van der Waals surface area contributed by atoms with Crippen molar-refractivity contribution in [2.45, 2.75) is 31.7 Å². The quantitative estimate of drug-likeness (QED) is 0.837. The zero-order chi connectivity index (χ0) is 17.3. The summed E-state index contributed by atoms with van der Waals surface area (Å²) in [5.74, 6) is -0.546. The summed E-state index contributed by atoms with van der Waals surface area (Å²) >= 11 is 1.18. The maximum Gasteiger partial charge on any atom is 0.350 e. The van der Waals surface area contributed by atoms with Gasteiger partial charge < -0.3 is 10.1 Å². The van der Waals surface area contributed by atoms with Gasteiger partial charge in [-0.05, 0) is 37.3 Å². The molecule has 1 fully saturated rings. The molecule has 0 bridgehead atoms. The van der Waals surface area contributed by atoms with Crippen LogP contribution in [-0.2, 0) is 9.53 Å². The van der Waals surface area contributed by atoms with Crippen molar-refractivity contribution in [1.82, 2.24) is 9.78 Å². The molecule has 0 radical (unpaired) electrons. The Hall–Kier alpha value is -2.48. The van der Waals surface area contributed by atoms with Crippen LogP contribution >= 0.6 is 11.3 Å². The van der Waals surface area contributed by atoms with E-state index in [-0.39, 0.29) is 5.56 Å². The molecule has 3 rings (SSSR count). The van der Waals surface area contributed by atoms with Gasteiger partial charge in [0, 0.05) is 12.0 Å². The maximum atomic E-state index is 12.5. The zero-order valence-corrected chi connectivity index (χ0v) is 14.1. The molecule has 1 N–H and O–H groups in total. The number of rotatable bonds is 5. The highest BCUT2D eigenvalue weighted by Gasteiger charge is 2.27.